The molecule has 88 valence electrons. The van der Waals surface area contributed by atoms with Crippen LogP contribution in [0.2, 0.25) is 5.02 Å². The molecule has 1 fully saturated rings. The third kappa shape index (κ3) is 2.67. The summed E-state index contributed by atoms with van der Waals surface area (Å²) in [5.41, 5.74) is -0.833. The van der Waals surface area contributed by atoms with Gasteiger partial charge in [0.25, 0.3) is 0 Å². The number of hydrogen-bond donors (Lipinski definition) is 2. The van der Waals surface area contributed by atoms with Gasteiger partial charge in [0.1, 0.15) is 17.5 Å². The normalized spacial score (nSPS) is 30.1. The molecule has 1 aliphatic heterocycles. The molecule has 2 atom stereocenters. The van der Waals surface area contributed by atoms with Gasteiger partial charge < -0.3 is 15.2 Å². The molecule has 0 spiro atoms. The molecule has 1 aromatic carbocycles. The van der Waals surface area contributed by atoms with E-state index >= 15 is 0 Å². The molecule has 4 heteroatoms. The highest BCUT2D eigenvalue weighted by Crippen LogP contribution is 2.24. The van der Waals surface area contributed by atoms with Gasteiger partial charge in [0.2, 0.25) is 0 Å². The number of β-amino-alcohol motifs (C(OH)–C–C–N with tert-alkyl or cyclic N) is 1. The molecule has 0 aliphatic carbocycles. The van der Waals surface area contributed by atoms with Gasteiger partial charge in [0.15, 0.2) is 0 Å². The van der Waals surface area contributed by atoms with Gasteiger partial charge in [-0.15, -0.1) is 0 Å². The molecule has 1 saturated heterocycles. The van der Waals surface area contributed by atoms with E-state index in [1.54, 1.807) is 19.1 Å². The Balaban J connectivity index is 2.08. The van der Waals surface area contributed by atoms with E-state index in [9.17, 15) is 5.11 Å². The summed E-state index contributed by atoms with van der Waals surface area (Å²) in [6.07, 6.45) is 0.603. The monoisotopic (exact) mass is 241 g/mol. The molecule has 1 heterocycles. The second-order valence-electron chi connectivity index (χ2n) is 4.39. The van der Waals surface area contributed by atoms with E-state index in [4.69, 9.17) is 16.3 Å². The first kappa shape index (κ1) is 11.7. The van der Waals surface area contributed by atoms with Crippen molar-refractivity contribution in [2.24, 2.45) is 0 Å². The third-order valence-corrected chi connectivity index (χ3v) is 3.07. The van der Waals surface area contributed by atoms with Gasteiger partial charge in [-0.25, -0.2) is 0 Å². The van der Waals surface area contributed by atoms with E-state index < -0.39 is 5.60 Å². The Morgan fingerprint density at radius 3 is 3.06 bits per heavy atom. The quantitative estimate of drug-likeness (QED) is 0.830. The van der Waals surface area contributed by atoms with Crippen molar-refractivity contribution in [1.82, 2.24) is 5.32 Å². The molecule has 0 bridgehead atoms. The highest BCUT2D eigenvalue weighted by molar-refractivity contribution is 6.30. The van der Waals surface area contributed by atoms with Crippen LogP contribution in [0.15, 0.2) is 24.3 Å². The largest absolute Gasteiger partial charge is 0.487 e. The van der Waals surface area contributed by atoms with E-state index in [2.05, 4.69) is 5.32 Å². The summed E-state index contributed by atoms with van der Waals surface area (Å²) in [5, 5.41) is 13.9. The van der Waals surface area contributed by atoms with E-state index in [0.29, 0.717) is 17.3 Å². The van der Waals surface area contributed by atoms with Crippen LogP contribution in [0.25, 0.3) is 0 Å². The highest BCUT2D eigenvalue weighted by atomic mass is 35.5. The van der Waals surface area contributed by atoms with Crippen LogP contribution in [-0.4, -0.2) is 29.9 Å². The minimum Gasteiger partial charge on any atom is -0.487 e. The van der Waals surface area contributed by atoms with Gasteiger partial charge in [0, 0.05) is 11.6 Å². The first-order valence-corrected chi connectivity index (χ1v) is 5.81. The van der Waals surface area contributed by atoms with Gasteiger partial charge in [-0.2, -0.15) is 0 Å². The maximum Gasteiger partial charge on any atom is 0.129 e. The molecule has 3 nitrogen and oxygen atoms in total. The number of hydrogen-bond acceptors (Lipinski definition) is 3. The molecular weight excluding hydrogens is 226 g/mol. The lowest BCUT2D eigenvalue weighted by atomic mass is 9.93. The Bertz CT molecular complexity index is 368. The molecule has 0 saturated carbocycles. The van der Waals surface area contributed by atoms with Crippen LogP contribution < -0.4 is 10.1 Å². The smallest absolute Gasteiger partial charge is 0.129 e. The lowest BCUT2D eigenvalue weighted by Crippen LogP contribution is -2.55. The predicted octanol–water partition coefficient (Wildman–Crippen LogP) is 1.83. The first-order chi connectivity index (χ1) is 7.58. The van der Waals surface area contributed by atoms with Crippen molar-refractivity contribution in [2.45, 2.75) is 25.0 Å². The fourth-order valence-corrected chi connectivity index (χ4v) is 2.07. The highest BCUT2D eigenvalue weighted by Gasteiger charge is 2.36. The Kier molecular flexibility index (Phi) is 3.38. The Morgan fingerprint density at radius 2 is 2.38 bits per heavy atom. The number of nitrogens with one attached hydrogen (secondary N) is 1. The molecule has 16 heavy (non-hydrogen) atoms. The van der Waals surface area contributed by atoms with Gasteiger partial charge in [-0.3, -0.25) is 0 Å². The van der Waals surface area contributed by atoms with Crippen LogP contribution in [0.5, 0.6) is 5.75 Å². The molecule has 1 aliphatic rings. The maximum atomic E-state index is 10.1. The minimum atomic E-state index is -0.833. The first-order valence-electron chi connectivity index (χ1n) is 5.43. The number of halogens is 1. The lowest BCUT2D eigenvalue weighted by Gasteiger charge is -2.37. The molecule has 0 aromatic heterocycles. The molecule has 2 rings (SSSR count). The summed E-state index contributed by atoms with van der Waals surface area (Å²) < 4.78 is 5.78. The second-order valence-corrected chi connectivity index (χ2v) is 4.82. The number of benzene rings is 1. The van der Waals surface area contributed by atoms with Crippen molar-refractivity contribution in [3.05, 3.63) is 29.3 Å². The van der Waals surface area contributed by atoms with Gasteiger partial charge in [0.05, 0.1) is 0 Å². The zero-order valence-corrected chi connectivity index (χ0v) is 10.00. The molecule has 0 amide bonds. The van der Waals surface area contributed by atoms with Gasteiger partial charge in [-0.1, -0.05) is 17.7 Å². The van der Waals surface area contributed by atoms with Crippen molar-refractivity contribution in [3.63, 3.8) is 0 Å². The van der Waals surface area contributed by atoms with Gasteiger partial charge >= 0.3 is 0 Å². The van der Waals surface area contributed by atoms with Gasteiger partial charge in [-0.05, 0) is 38.1 Å². The van der Waals surface area contributed by atoms with E-state index in [0.717, 1.165) is 13.0 Å². The van der Waals surface area contributed by atoms with Crippen LogP contribution in [0.1, 0.15) is 13.3 Å². The fraction of sp³-hybridized carbons (Fsp3) is 0.500. The fourth-order valence-electron chi connectivity index (χ4n) is 1.89. The Morgan fingerprint density at radius 1 is 1.56 bits per heavy atom. The SMILES string of the molecule is C[C@]1(O)CNCC[C@@H]1Oc1cccc(Cl)c1. The molecule has 1 aromatic rings. The Labute approximate surface area is 100 Å². The zero-order valence-electron chi connectivity index (χ0n) is 9.24. The topological polar surface area (TPSA) is 41.5 Å². The van der Waals surface area contributed by atoms with E-state index in [1.165, 1.54) is 0 Å². The lowest BCUT2D eigenvalue weighted by molar-refractivity contribution is -0.0634. The van der Waals surface area contributed by atoms with Crippen molar-refractivity contribution in [3.8, 4) is 5.75 Å². The zero-order chi connectivity index (χ0) is 11.6. The van der Waals surface area contributed by atoms with Crippen LogP contribution in [-0.2, 0) is 0 Å². The van der Waals surface area contributed by atoms with Crippen molar-refractivity contribution >= 4 is 11.6 Å². The predicted molar refractivity (Wildman–Crippen MR) is 64.0 cm³/mol. The van der Waals surface area contributed by atoms with E-state index in [1.807, 2.05) is 12.1 Å². The minimum absolute atomic E-state index is 0.188. The van der Waals surface area contributed by atoms with Crippen molar-refractivity contribution in [2.75, 3.05) is 13.1 Å². The molecule has 0 radical (unpaired) electrons. The van der Waals surface area contributed by atoms with Crippen LogP contribution in [0, 0.1) is 0 Å². The molecular formula is C12H16ClNO2. The maximum absolute atomic E-state index is 10.1. The van der Waals surface area contributed by atoms with Crippen LogP contribution in [0.4, 0.5) is 0 Å². The average Bonchev–Trinajstić information content (AvgIpc) is 2.21. The Hall–Kier alpha value is -0.770. The summed E-state index contributed by atoms with van der Waals surface area (Å²) in [7, 11) is 0. The second kappa shape index (κ2) is 4.62. The summed E-state index contributed by atoms with van der Waals surface area (Å²) in [6, 6.07) is 7.26. The van der Waals surface area contributed by atoms with E-state index in [-0.39, 0.29) is 6.10 Å². The standard InChI is InChI=1S/C12H16ClNO2/c1-12(15)8-14-6-5-11(12)16-10-4-2-3-9(13)7-10/h2-4,7,11,14-15H,5-6,8H2,1H3/t11-,12-/m0/s1. The molecule has 0 unspecified atom stereocenters. The summed E-state index contributed by atoms with van der Waals surface area (Å²) in [6.45, 7) is 3.20. The number of piperidine rings is 1. The number of aliphatic hydroxyl groups is 1. The number of ether oxygens (including phenoxy) is 1. The molecule has 2 N–H and O–H groups in total. The average molecular weight is 242 g/mol. The summed E-state index contributed by atoms with van der Waals surface area (Å²) in [5.74, 6) is 0.708. The van der Waals surface area contributed by atoms with Crippen LogP contribution in [0.3, 0.4) is 0 Å². The van der Waals surface area contributed by atoms with Crippen molar-refractivity contribution in [1.29, 1.82) is 0 Å². The summed E-state index contributed by atoms with van der Waals surface area (Å²) >= 11 is 5.88. The third-order valence-electron chi connectivity index (χ3n) is 2.83. The summed E-state index contributed by atoms with van der Waals surface area (Å²) in [4.78, 5) is 0. The number of rotatable bonds is 2. The van der Waals surface area contributed by atoms with Crippen LogP contribution >= 0.6 is 11.6 Å². The van der Waals surface area contributed by atoms with Crippen molar-refractivity contribution < 1.29 is 9.84 Å².